The molecule has 1 N–H and O–H groups in total. The lowest BCUT2D eigenvalue weighted by Crippen LogP contribution is -2.15. The molecule has 0 aliphatic carbocycles. The van der Waals surface area contributed by atoms with Crippen LogP contribution in [0, 0.1) is 6.92 Å². The summed E-state index contributed by atoms with van der Waals surface area (Å²) in [5, 5.41) is 3.93. The monoisotopic (exact) mass is 371 g/mol. The first-order valence-corrected chi connectivity index (χ1v) is 8.53. The number of fused-ring (bicyclic) bond motifs is 1. The molecule has 26 heavy (non-hydrogen) atoms. The van der Waals surface area contributed by atoms with Gasteiger partial charge in [0.05, 0.1) is 11.7 Å². The van der Waals surface area contributed by atoms with Gasteiger partial charge in [-0.15, -0.1) is 0 Å². The molecular formula is C20H18ClNO4. The second-order valence-electron chi connectivity index (χ2n) is 6.22. The third-order valence-electron chi connectivity index (χ3n) is 3.75. The summed E-state index contributed by atoms with van der Waals surface area (Å²) in [4.78, 5) is 24.6. The molecule has 0 fully saturated rings. The summed E-state index contributed by atoms with van der Waals surface area (Å²) in [6.07, 6.45) is -0.0150. The molecule has 3 rings (SSSR count). The molecular weight excluding hydrogens is 354 g/mol. The highest BCUT2D eigenvalue weighted by Gasteiger charge is 2.15. The van der Waals surface area contributed by atoms with Crippen molar-refractivity contribution < 1.29 is 13.9 Å². The van der Waals surface area contributed by atoms with Gasteiger partial charge in [-0.25, -0.2) is 4.79 Å². The smallest absolute Gasteiger partial charge is 0.337 e. The number of ether oxygens (including phenoxy) is 1. The van der Waals surface area contributed by atoms with Crippen LogP contribution in [0.4, 0.5) is 5.69 Å². The minimum absolute atomic E-state index is 0.0150. The van der Waals surface area contributed by atoms with Crippen LogP contribution in [-0.2, 0) is 0 Å². The molecule has 0 unspecified atom stereocenters. The average Bonchev–Trinajstić information content (AvgIpc) is 2.56. The molecule has 1 heterocycles. The number of carbonyl (C=O) groups excluding carboxylic acids is 1. The summed E-state index contributed by atoms with van der Waals surface area (Å²) < 4.78 is 10.8. The van der Waals surface area contributed by atoms with E-state index in [0.717, 1.165) is 5.56 Å². The highest BCUT2D eigenvalue weighted by atomic mass is 35.5. The number of benzene rings is 2. The maximum atomic E-state index is 12.7. The van der Waals surface area contributed by atoms with Crippen molar-refractivity contribution in [2.24, 2.45) is 0 Å². The van der Waals surface area contributed by atoms with Gasteiger partial charge in [0.2, 0.25) is 0 Å². The van der Waals surface area contributed by atoms with Gasteiger partial charge in [-0.05, 0) is 56.7 Å². The molecule has 0 aliphatic heterocycles. The SMILES string of the molecule is Cc1cc(NC(=O)c2cc(=O)oc3cc(OC(C)C)ccc23)ccc1Cl. The molecule has 5 nitrogen and oxygen atoms in total. The largest absolute Gasteiger partial charge is 0.491 e. The Kier molecular flexibility index (Phi) is 5.00. The van der Waals surface area contributed by atoms with Crippen LogP contribution < -0.4 is 15.7 Å². The van der Waals surface area contributed by atoms with Crippen molar-refractivity contribution in [3.8, 4) is 5.75 Å². The minimum Gasteiger partial charge on any atom is -0.491 e. The Morgan fingerprint density at radius 1 is 1.15 bits per heavy atom. The van der Waals surface area contributed by atoms with E-state index in [0.29, 0.717) is 27.4 Å². The van der Waals surface area contributed by atoms with Gasteiger partial charge in [0.15, 0.2) is 0 Å². The van der Waals surface area contributed by atoms with Gasteiger partial charge in [-0.1, -0.05) is 11.6 Å². The van der Waals surface area contributed by atoms with Crippen LogP contribution in [0.1, 0.15) is 29.8 Å². The summed E-state index contributed by atoms with van der Waals surface area (Å²) in [5.41, 5.74) is 1.38. The standard InChI is InChI=1S/C20H18ClNO4/c1-11(2)25-14-5-6-15-16(10-19(23)26-18(15)9-14)20(24)22-13-4-7-17(21)12(3)8-13/h4-11H,1-3H3,(H,22,24). The highest BCUT2D eigenvalue weighted by Crippen LogP contribution is 2.25. The Hall–Kier alpha value is -2.79. The molecule has 0 saturated heterocycles. The molecule has 6 heteroatoms. The van der Waals surface area contributed by atoms with Crippen LogP contribution in [0.5, 0.6) is 5.75 Å². The molecule has 0 atom stereocenters. The molecule has 1 aromatic heterocycles. The second-order valence-corrected chi connectivity index (χ2v) is 6.63. The van der Waals surface area contributed by atoms with E-state index in [2.05, 4.69) is 5.32 Å². The van der Waals surface area contributed by atoms with Crippen LogP contribution in [0.25, 0.3) is 11.0 Å². The van der Waals surface area contributed by atoms with Gasteiger partial charge < -0.3 is 14.5 Å². The van der Waals surface area contributed by atoms with Gasteiger partial charge in [0.25, 0.3) is 5.91 Å². The fraction of sp³-hybridized carbons (Fsp3) is 0.200. The highest BCUT2D eigenvalue weighted by molar-refractivity contribution is 6.31. The van der Waals surface area contributed by atoms with Crippen LogP contribution in [-0.4, -0.2) is 12.0 Å². The van der Waals surface area contributed by atoms with E-state index in [1.54, 1.807) is 36.4 Å². The first-order valence-electron chi connectivity index (χ1n) is 8.15. The van der Waals surface area contributed by atoms with E-state index in [4.69, 9.17) is 20.8 Å². The van der Waals surface area contributed by atoms with Crippen LogP contribution in [0.15, 0.2) is 51.7 Å². The van der Waals surface area contributed by atoms with Crippen molar-refractivity contribution >= 4 is 34.2 Å². The second kappa shape index (κ2) is 7.22. The zero-order valence-electron chi connectivity index (χ0n) is 14.6. The van der Waals surface area contributed by atoms with Crippen molar-refractivity contribution in [3.63, 3.8) is 0 Å². The lowest BCUT2D eigenvalue weighted by molar-refractivity contribution is 0.102. The zero-order chi connectivity index (χ0) is 18.8. The Balaban J connectivity index is 1.99. The zero-order valence-corrected chi connectivity index (χ0v) is 15.4. The Morgan fingerprint density at radius 2 is 1.92 bits per heavy atom. The summed E-state index contributed by atoms with van der Waals surface area (Å²) in [6, 6.07) is 11.4. The van der Waals surface area contributed by atoms with E-state index in [-0.39, 0.29) is 11.7 Å². The van der Waals surface area contributed by atoms with Gasteiger partial charge in [0, 0.05) is 28.2 Å². The fourth-order valence-corrected chi connectivity index (χ4v) is 2.71. The number of rotatable bonds is 4. The number of hydrogen-bond acceptors (Lipinski definition) is 4. The van der Waals surface area contributed by atoms with Crippen LogP contribution >= 0.6 is 11.6 Å². The minimum atomic E-state index is -0.600. The van der Waals surface area contributed by atoms with Gasteiger partial charge >= 0.3 is 5.63 Å². The topological polar surface area (TPSA) is 68.5 Å². The number of nitrogens with one attached hydrogen (secondary N) is 1. The maximum absolute atomic E-state index is 12.7. The molecule has 0 radical (unpaired) electrons. The first kappa shape index (κ1) is 18.0. The third kappa shape index (κ3) is 3.89. The summed E-state index contributed by atoms with van der Waals surface area (Å²) in [5.74, 6) is 0.170. The molecule has 0 bridgehead atoms. The molecule has 2 aromatic carbocycles. The van der Waals surface area contributed by atoms with E-state index in [1.807, 2.05) is 20.8 Å². The molecule has 0 saturated carbocycles. The van der Waals surface area contributed by atoms with E-state index >= 15 is 0 Å². The lowest BCUT2D eigenvalue weighted by Gasteiger charge is -2.11. The number of amides is 1. The Labute approximate surface area is 155 Å². The van der Waals surface area contributed by atoms with Gasteiger partial charge in [-0.2, -0.15) is 0 Å². The van der Waals surface area contributed by atoms with Crippen LogP contribution in [0.3, 0.4) is 0 Å². The summed E-state index contributed by atoms with van der Waals surface area (Å²) in [7, 11) is 0. The van der Waals surface area contributed by atoms with E-state index in [9.17, 15) is 9.59 Å². The molecule has 0 aliphatic rings. The van der Waals surface area contributed by atoms with Crippen molar-refractivity contribution in [2.45, 2.75) is 26.9 Å². The number of hydrogen-bond donors (Lipinski definition) is 1. The summed E-state index contributed by atoms with van der Waals surface area (Å²) in [6.45, 7) is 5.65. The maximum Gasteiger partial charge on any atom is 0.337 e. The lowest BCUT2D eigenvalue weighted by atomic mass is 10.1. The number of halogens is 1. The van der Waals surface area contributed by atoms with Crippen molar-refractivity contribution in [1.82, 2.24) is 0 Å². The molecule has 3 aromatic rings. The van der Waals surface area contributed by atoms with E-state index < -0.39 is 11.5 Å². The molecule has 134 valence electrons. The average molecular weight is 372 g/mol. The number of aryl methyl sites for hydroxylation is 1. The van der Waals surface area contributed by atoms with Gasteiger partial charge in [-0.3, -0.25) is 4.79 Å². The fourth-order valence-electron chi connectivity index (χ4n) is 2.60. The number of anilines is 1. The van der Waals surface area contributed by atoms with Gasteiger partial charge in [0.1, 0.15) is 11.3 Å². The molecule has 1 amide bonds. The Bertz CT molecular complexity index is 1040. The number of carbonyl (C=O) groups is 1. The van der Waals surface area contributed by atoms with Crippen LogP contribution in [0.2, 0.25) is 5.02 Å². The predicted molar refractivity (Wildman–Crippen MR) is 102 cm³/mol. The van der Waals surface area contributed by atoms with Crippen molar-refractivity contribution in [2.75, 3.05) is 5.32 Å². The first-order chi connectivity index (χ1) is 12.3. The van der Waals surface area contributed by atoms with E-state index in [1.165, 1.54) is 6.07 Å². The third-order valence-corrected chi connectivity index (χ3v) is 4.17. The Morgan fingerprint density at radius 3 is 2.62 bits per heavy atom. The molecule has 0 spiro atoms. The van der Waals surface area contributed by atoms with Crippen molar-refractivity contribution in [3.05, 3.63) is 69.0 Å². The quantitative estimate of drug-likeness (QED) is 0.669. The van der Waals surface area contributed by atoms with Crippen molar-refractivity contribution in [1.29, 1.82) is 0 Å². The summed E-state index contributed by atoms with van der Waals surface area (Å²) >= 11 is 6.01. The normalized spacial score (nSPS) is 11.0. The predicted octanol–water partition coefficient (Wildman–Crippen LogP) is 4.79.